The smallest absolute Gasteiger partial charge is 0.244 e. The van der Waals surface area contributed by atoms with Crippen LogP contribution in [-0.2, 0) is 30.2 Å². The van der Waals surface area contributed by atoms with Crippen molar-refractivity contribution < 1.29 is 17.9 Å². The number of hydrogen-bond acceptors (Lipinski definition) is 5. The fourth-order valence-corrected chi connectivity index (χ4v) is 3.75. The third kappa shape index (κ3) is 3.02. The second-order valence-corrected chi connectivity index (χ2v) is 6.62. The van der Waals surface area contributed by atoms with Crippen LogP contribution in [0.25, 0.3) is 0 Å². The van der Waals surface area contributed by atoms with E-state index in [-0.39, 0.29) is 23.8 Å². The Hall–Kier alpha value is -1.64. The fourth-order valence-electron chi connectivity index (χ4n) is 2.31. The van der Waals surface area contributed by atoms with Gasteiger partial charge < -0.3 is 9.52 Å². The number of rotatable bonds is 5. The molecule has 116 valence electrons. The molecule has 0 atom stereocenters. The summed E-state index contributed by atoms with van der Waals surface area (Å²) >= 11 is 0. The van der Waals surface area contributed by atoms with Crippen molar-refractivity contribution in [3.05, 3.63) is 34.5 Å². The maximum atomic E-state index is 12.4. The molecule has 0 aliphatic carbocycles. The van der Waals surface area contributed by atoms with Gasteiger partial charge in [-0.05, 0) is 20.8 Å². The lowest BCUT2D eigenvalue weighted by atomic mass is 10.2. The Morgan fingerprint density at radius 3 is 2.52 bits per heavy atom. The zero-order chi connectivity index (χ0) is 15.8. The van der Waals surface area contributed by atoms with Gasteiger partial charge in [0.1, 0.15) is 16.4 Å². The predicted molar refractivity (Wildman–Crippen MR) is 76.1 cm³/mol. The summed E-state index contributed by atoms with van der Waals surface area (Å²) in [6, 6.07) is 0. The number of aliphatic hydroxyl groups is 1. The van der Waals surface area contributed by atoms with Crippen LogP contribution in [0.15, 0.2) is 15.5 Å². The lowest BCUT2D eigenvalue weighted by Crippen LogP contribution is -2.24. The lowest BCUT2D eigenvalue weighted by molar-refractivity contribution is 0.276. The van der Waals surface area contributed by atoms with Gasteiger partial charge in [0.15, 0.2) is 0 Å². The maximum Gasteiger partial charge on any atom is 0.244 e. The normalized spacial score (nSPS) is 12.0. The highest BCUT2D eigenvalue weighted by Crippen LogP contribution is 2.26. The van der Waals surface area contributed by atoms with E-state index in [1.165, 1.54) is 0 Å². The van der Waals surface area contributed by atoms with E-state index >= 15 is 0 Å². The number of furan rings is 1. The largest absolute Gasteiger partial charge is 0.465 e. The third-order valence-corrected chi connectivity index (χ3v) is 4.92. The van der Waals surface area contributed by atoms with Crippen LogP contribution < -0.4 is 4.72 Å². The summed E-state index contributed by atoms with van der Waals surface area (Å²) in [6.07, 6.45) is 1.76. The molecule has 0 aromatic carbocycles. The molecule has 2 aromatic heterocycles. The Kier molecular flexibility index (Phi) is 4.22. The van der Waals surface area contributed by atoms with Gasteiger partial charge in [0.25, 0.3) is 0 Å². The van der Waals surface area contributed by atoms with Crippen molar-refractivity contribution in [3.63, 3.8) is 0 Å². The van der Waals surface area contributed by atoms with Crippen molar-refractivity contribution in [2.24, 2.45) is 7.05 Å². The second-order valence-electron chi connectivity index (χ2n) is 4.92. The van der Waals surface area contributed by atoms with Gasteiger partial charge >= 0.3 is 0 Å². The fraction of sp³-hybridized carbons (Fsp3) is 0.462. The molecule has 0 bridgehead atoms. The molecule has 0 fully saturated rings. The van der Waals surface area contributed by atoms with Crippen molar-refractivity contribution in [1.82, 2.24) is 14.5 Å². The van der Waals surface area contributed by atoms with Crippen molar-refractivity contribution in [3.8, 4) is 0 Å². The number of aromatic nitrogens is 2. The van der Waals surface area contributed by atoms with E-state index < -0.39 is 10.0 Å². The molecule has 7 nitrogen and oxygen atoms in total. The number of nitrogens with zero attached hydrogens (tertiary/aromatic N) is 2. The summed E-state index contributed by atoms with van der Waals surface area (Å²) in [6.45, 7) is 4.76. The Labute approximate surface area is 123 Å². The zero-order valence-electron chi connectivity index (χ0n) is 12.5. The first-order chi connectivity index (χ1) is 9.76. The number of aryl methyl sites for hydroxylation is 4. The van der Waals surface area contributed by atoms with Gasteiger partial charge in [0, 0.05) is 30.9 Å². The molecule has 0 radical (unpaired) electrons. The molecule has 2 N–H and O–H groups in total. The van der Waals surface area contributed by atoms with Crippen molar-refractivity contribution in [2.75, 3.05) is 0 Å². The maximum absolute atomic E-state index is 12.4. The molecular weight excluding hydrogens is 294 g/mol. The average molecular weight is 313 g/mol. The number of aliphatic hydroxyl groups excluding tert-OH is 1. The predicted octanol–water partition coefficient (Wildman–Crippen LogP) is 0.909. The molecule has 2 heterocycles. The van der Waals surface area contributed by atoms with Gasteiger partial charge in [-0.1, -0.05) is 0 Å². The standard InChI is InChI=1S/C13H19N3O4S/c1-8-11(6-16(4)15-8)5-14-21(18,19)13-10(3)20-9(2)12(13)7-17/h6,14,17H,5,7H2,1-4H3. The van der Waals surface area contributed by atoms with Crippen LogP contribution in [0.5, 0.6) is 0 Å². The quantitative estimate of drug-likeness (QED) is 0.855. The highest BCUT2D eigenvalue weighted by Gasteiger charge is 2.26. The van der Waals surface area contributed by atoms with Crippen LogP contribution in [0.4, 0.5) is 0 Å². The monoisotopic (exact) mass is 313 g/mol. The molecule has 0 spiro atoms. The SMILES string of the molecule is Cc1nn(C)cc1CNS(=O)(=O)c1c(C)oc(C)c1CO. The molecular formula is C13H19N3O4S. The second kappa shape index (κ2) is 5.63. The first kappa shape index (κ1) is 15.7. The van der Waals surface area contributed by atoms with Crippen LogP contribution in [0.3, 0.4) is 0 Å². The van der Waals surface area contributed by atoms with Crippen molar-refractivity contribution >= 4 is 10.0 Å². The van der Waals surface area contributed by atoms with Gasteiger partial charge in [-0.15, -0.1) is 0 Å². The van der Waals surface area contributed by atoms with Gasteiger partial charge in [-0.2, -0.15) is 5.10 Å². The van der Waals surface area contributed by atoms with E-state index in [4.69, 9.17) is 4.42 Å². The number of nitrogens with one attached hydrogen (secondary N) is 1. The molecule has 0 amide bonds. The average Bonchev–Trinajstić information content (AvgIpc) is 2.85. The van der Waals surface area contributed by atoms with Crippen LogP contribution in [-0.4, -0.2) is 23.3 Å². The van der Waals surface area contributed by atoms with E-state index in [9.17, 15) is 13.5 Å². The minimum absolute atomic E-state index is 0.0176. The molecule has 0 aliphatic rings. The minimum Gasteiger partial charge on any atom is -0.465 e. The van der Waals surface area contributed by atoms with Crippen LogP contribution in [0, 0.1) is 20.8 Å². The molecule has 0 saturated carbocycles. The van der Waals surface area contributed by atoms with Gasteiger partial charge in [0.2, 0.25) is 10.0 Å². The van der Waals surface area contributed by atoms with Crippen LogP contribution >= 0.6 is 0 Å². The van der Waals surface area contributed by atoms with E-state index in [0.717, 1.165) is 11.3 Å². The summed E-state index contributed by atoms with van der Waals surface area (Å²) in [5, 5.41) is 13.5. The van der Waals surface area contributed by atoms with Crippen LogP contribution in [0.2, 0.25) is 0 Å². The van der Waals surface area contributed by atoms with Gasteiger partial charge in [-0.3, -0.25) is 4.68 Å². The molecule has 8 heteroatoms. The summed E-state index contributed by atoms with van der Waals surface area (Å²) < 4.78 is 34.3. The molecule has 0 saturated heterocycles. The Bertz CT molecular complexity index is 759. The molecule has 0 unspecified atom stereocenters. The number of hydrogen-bond donors (Lipinski definition) is 2. The molecule has 0 aliphatic heterocycles. The van der Waals surface area contributed by atoms with Crippen molar-refractivity contribution in [2.45, 2.75) is 38.8 Å². The van der Waals surface area contributed by atoms with E-state index in [1.807, 2.05) is 6.92 Å². The molecule has 21 heavy (non-hydrogen) atoms. The number of sulfonamides is 1. The van der Waals surface area contributed by atoms with Gasteiger partial charge in [-0.25, -0.2) is 13.1 Å². The van der Waals surface area contributed by atoms with Gasteiger partial charge in [0.05, 0.1) is 12.3 Å². The highest BCUT2D eigenvalue weighted by atomic mass is 32.2. The highest BCUT2D eigenvalue weighted by molar-refractivity contribution is 7.89. The summed E-state index contributed by atoms with van der Waals surface area (Å²) in [7, 11) is -1.98. The zero-order valence-corrected chi connectivity index (χ0v) is 13.3. The topological polar surface area (TPSA) is 97.4 Å². The Morgan fingerprint density at radius 2 is 2.00 bits per heavy atom. The Balaban J connectivity index is 2.29. The van der Waals surface area contributed by atoms with Crippen molar-refractivity contribution in [1.29, 1.82) is 0 Å². The van der Waals surface area contributed by atoms with Crippen LogP contribution in [0.1, 0.15) is 28.3 Å². The first-order valence-electron chi connectivity index (χ1n) is 6.44. The van der Waals surface area contributed by atoms with E-state index in [1.54, 1.807) is 31.8 Å². The summed E-state index contributed by atoms with van der Waals surface area (Å²) in [5.41, 5.74) is 1.86. The Morgan fingerprint density at radius 1 is 1.33 bits per heavy atom. The third-order valence-electron chi connectivity index (χ3n) is 3.32. The lowest BCUT2D eigenvalue weighted by Gasteiger charge is -2.07. The summed E-state index contributed by atoms with van der Waals surface area (Å²) in [4.78, 5) is 0.0176. The molecule has 2 rings (SSSR count). The molecule has 2 aromatic rings. The van der Waals surface area contributed by atoms with E-state index in [2.05, 4.69) is 9.82 Å². The first-order valence-corrected chi connectivity index (χ1v) is 7.93. The minimum atomic E-state index is -3.76. The summed E-state index contributed by atoms with van der Waals surface area (Å²) in [5.74, 6) is 0.680. The van der Waals surface area contributed by atoms with E-state index in [0.29, 0.717) is 11.3 Å².